The predicted octanol–water partition coefficient (Wildman–Crippen LogP) is 3.67. The molecule has 4 aromatic rings. The summed E-state index contributed by atoms with van der Waals surface area (Å²) in [5.41, 5.74) is 8.46. The number of rotatable bonds is 4. The highest BCUT2D eigenvalue weighted by Crippen LogP contribution is 2.29. The van der Waals surface area contributed by atoms with Crippen LogP contribution in [-0.2, 0) is 11.2 Å². The lowest BCUT2D eigenvalue weighted by Crippen LogP contribution is -2.42. The molecule has 8 heteroatoms. The highest BCUT2D eigenvalue weighted by atomic mass is 32.1. The topological polar surface area (TPSA) is 86.9 Å². The molecule has 0 atom stereocenters. The van der Waals surface area contributed by atoms with Crippen molar-refractivity contribution in [1.82, 2.24) is 20.8 Å². The predicted molar refractivity (Wildman–Crippen MR) is 108 cm³/mol. The van der Waals surface area contributed by atoms with Crippen molar-refractivity contribution < 1.29 is 9.59 Å². The number of benzene rings is 1. The third kappa shape index (κ3) is 3.62. The minimum atomic E-state index is -0.362. The zero-order valence-electron chi connectivity index (χ0n) is 14.4. The minimum absolute atomic E-state index is 0.173. The smallest absolute Gasteiger partial charge is 0.281 e. The highest BCUT2D eigenvalue weighted by molar-refractivity contribution is 7.17. The van der Waals surface area contributed by atoms with E-state index in [-0.39, 0.29) is 18.2 Å². The van der Waals surface area contributed by atoms with Crippen molar-refractivity contribution in [3.8, 4) is 10.6 Å². The molecule has 0 radical (unpaired) electrons. The van der Waals surface area contributed by atoms with Gasteiger partial charge in [-0.25, -0.2) is 4.98 Å². The Bertz CT molecular complexity index is 1110. The van der Waals surface area contributed by atoms with Gasteiger partial charge in [-0.15, -0.1) is 11.3 Å². The van der Waals surface area contributed by atoms with Crippen LogP contribution in [0, 0.1) is 6.92 Å². The van der Waals surface area contributed by atoms with Gasteiger partial charge in [-0.1, -0.05) is 18.2 Å². The molecular weight excluding hydrogens is 380 g/mol. The molecule has 0 unspecified atom stereocenters. The van der Waals surface area contributed by atoms with Gasteiger partial charge in [-0.2, -0.15) is 11.3 Å². The number of hydrazine groups is 1. The average molecular weight is 396 g/mol. The van der Waals surface area contributed by atoms with Gasteiger partial charge in [0, 0.05) is 28.0 Å². The number of nitrogens with one attached hydrogen (secondary N) is 3. The summed E-state index contributed by atoms with van der Waals surface area (Å²) < 4.78 is 0. The fourth-order valence-electron chi connectivity index (χ4n) is 2.80. The van der Waals surface area contributed by atoms with Crippen LogP contribution in [0.15, 0.2) is 47.3 Å². The first-order valence-corrected chi connectivity index (χ1v) is 10.0. The highest BCUT2D eigenvalue weighted by Gasteiger charge is 2.17. The third-order valence-corrected chi connectivity index (χ3v) is 6.00. The Morgan fingerprint density at radius 2 is 2.04 bits per heavy atom. The first-order chi connectivity index (χ1) is 13.1. The summed E-state index contributed by atoms with van der Waals surface area (Å²) in [5, 5.41) is 5.75. The summed E-state index contributed by atoms with van der Waals surface area (Å²) in [6.07, 6.45) is 1.98. The number of aromatic amines is 1. The van der Waals surface area contributed by atoms with Crippen LogP contribution in [0.3, 0.4) is 0 Å². The fraction of sp³-hybridized carbons (Fsp3) is 0.105. The molecule has 136 valence electrons. The van der Waals surface area contributed by atoms with Crippen molar-refractivity contribution in [3.63, 3.8) is 0 Å². The Labute approximate surface area is 163 Å². The molecule has 4 rings (SSSR count). The second kappa shape index (κ2) is 7.34. The molecule has 0 aliphatic carbocycles. The van der Waals surface area contributed by atoms with Crippen LogP contribution in [0.5, 0.6) is 0 Å². The standard InChI is InChI=1S/C19H16N4O2S2/c1-11-17(27-19(21-11)12-6-7-26-10-12)18(25)23-22-16(24)8-13-9-20-15-5-3-2-4-14(13)15/h2-7,9-10,20H,8H2,1H3,(H,22,24)(H,23,25). The first-order valence-electron chi connectivity index (χ1n) is 8.26. The van der Waals surface area contributed by atoms with Crippen LogP contribution in [-0.4, -0.2) is 21.8 Å². The number of carbonyl (C=O) groups is 2. The molecule has 0 fully saturated rings. The van der Waals surface area contributed by atoms with E-state index in [0.29, 0.717) is 10.6 Å². The number of H-pyrrole nitrogens is 1. The maximum atomic E-state index is 12.4. The minimum Gasteiger partial charge on any atom is -0.361 e. The third-order valence-electron chi connectivity index (χ3n) is 4.11. The van der Waals surface area contributed by atoms with Crippen LogP contribution >= 0.6 is 22.7 Å². The summed E-state index contributed by atoms with van der Waals surface area (Å²) in [6, 6.07) is 9.74. The van der Waals surface area contributed by atoms with Crippen LogP contribution in [0.1, 0.15) is 20.9 Å². The maximum absolute atomic E-state index is 12.4. The lowest BCUT2D eigenvalue weighted by Gasteiger charge is -2.06. The van der Waals surface area contributed by atoms with E-state index in [1.54, 1.807) is 18.3 Å². The molecule has 0 aliphatic heterocycles. The zero-order chi connectivity index (χ0) is 18.8. The van der Waals surface area contributed by atoms with Gasteiger partial charge in [-0.3, -0.25) is 20.4 Å². The summed E-state index contributed by atoms with van der Waals surface area (Å²) in [6.45, 7) is 1.79. The van der Waals surface area contributed by atoms with E-state index in [1.807, 2.05) is 47.3 Å². The molecule has 3 aromatic heterocycles. The van der Waals surface area contributed by atoms with E-state index in [9.17, 15) is 9.59 Å². The normalized spacial score (nSPS) is 10.9. The molecule has 1 aromatic carbocycles. The number of hydrogen-bond acceptors (Lipinski definition) is 5. The molecule has 2 amide bonds. The van der Waals surface area contributed by atoms with Crippen molar-refractivity contribution in [2.75, 3.05) is 0 Å². The molecule has 3 heterocycles. The zero-order valence-corrected chi connectivity index (χ0v) is 16.0. The van der Waals surface area contributed by atoms with Gasteiger partial charge >= 0.3 is 0 Å². The van der Waals surface area contributed by atoms with Crippen molar-refractivity contribution in [1.29, 1.82) is 0 Å². The van der Waals surface area contributed by atoms with E-state index >= 15 is 0 Å². The fourth-order valence-corrected chi connectivity index (χ4v) is 4.47. The molecule has 0 saturated heterocycles. The number of para-hydroxylation sites is 1. The van der Waals surface area contributed by atoms with Gasteiger partial charge in [-0.05, 0) is 30.0 Å². The Morgan fingerprint density at radius 1 is 1.19 bits per heavy atom. The summed E-state index contributed by atoms with van der Waals surface area (Å²) >= 11 is 2.89. The quantitative estimate of drug-likeness (QED) is 0.460. The van der Waals surface area contributed by atoms with E-state index in [4.69, 9.17) is 0 Å². The summed E-state index contributed by atoms with van der Waals surface area (Å²) in [4.78, 5) is 32.7. The number of nitrogens with zero attached hydrogens (tertiary/aromatic N) is 1. The molecule has 0 saturated carbocycles. The van der Waals surface area contributed by atoms with Gasteiger partial charge < -0.3 is 4.98 Å². The number of aryl methyl sites for hydroxylation is 1. The lowest BCUT2D eigenvalue weighted by molar-refractivity contribution is -0.121. The Kier molecular flexibility index (Phi) is 4.74. The van der Waals surface area contributed by atoms with Crippen LogP contribution in [0.4, 0.5) is 0 Å². The molecule has 0 aliphatic rings. The molecule has 27 heavy (non-hydrogen) atoms. The average Bonchev–Trinajstić information content (AvgIpc) is 3.40. The van der Waals surface area contributed by atoms with Gasteiger partial charge in [0.25, 0.3) is 5.91 Å². The summed E-state index contributed by atoms with van der Waals surface area (Å²) in [7, 11) is 0. The number of amides is 2. The van der Waals surface area contributed by atoms with E-state index in [1.165, 1.54) is 11.3 Å². The Balaban J connectivity index is 1.40. The van der Waals surface area contributed by atoms with Crippen molar-refractivity contribution >= 4 is 45.4 Å². The SMILES string of the molecule is Cc1nc(-c2ccsc2)sc1C(=O)NNC(=O)Cc1c[nH]c2ccccc12. The Morgan fingerprint density at radius 3 is 2.85 bits per heavy atom. The second-order valence-electron chi connectivity index (χ2n) is 5.98. The second-order valence-corrected chi connectivity index (χ2v) is 7.76. The van der Waals surface area contributed by atoms with Crippen LogP contribution < -0.4 is 10.9 Å². The van der Waals surface area contributed by atoms with Gasteiger partial charge in [0.15, 0.2) is 0 Å². The van der Waals surface area contributed by atoms with E-state index in [0.717, 1.165) is 27.0 Å². The number of thiophene rings is 1. The largest absolute Gasteiger partial charge is 0.361 e. The molecule has 0 bridgehead atoms. The van der Waals surface area contributed by atoms with Gasteiger partial charge in [0.1, 0.15) is 9.88 Å². The maximum Gasteiger partial charge on any atom is 0.281 e. The molecular formula is C19H16N4O2S2. The molecule has 3 N–H and O–H groups in total. The monoisotopic (exact) mass is 396 g/mol. The summed E-state index contributed by atoms with van der Waals surface area (Å²) in [5.74, 6) is -0.646. The van der Waals surface area contributed by atoms with Crippen molar-refractivity contribution in [2.45, 2.75) is 13.3 Å². The van der Waals surface area contributed by atoms with Crippen molar-refractivity contribution in [2.24, 2.45) is 0 Å². The number of aromatic nitrogens is 2. The van der Waals surface area contributed by atoms with Gasteiger partial charge in [0.2, 0.25) is 5.91 Å². The molecule has 6 nitrogen and oxygen atoms in total. The Hall–Kier alpha value is -2.97. The van der Waals surface area contributed by atoms with Crippen LogP contribution in [0.25, 0.3) is 21.5 Å². The lowest BCUT2D eigenvalue weighted by atomic mass is 10.1. The number of carbonyl (C=O) groups excluding carboxylic acids is 2. The van der Waals surface area contributed by atoms with Gasteiger partial charge in [0.05, 0.1) is 12.1 Å². The van der Waals surface area contributed by atoms with E-state index in [2.05, 4.69) is 20.8 Å². The molecule has 0 spiro atoms. The van der Waals surface area contributed by atoms with E-state index < -0.39 is 0 Å². The first kappa shape index (κ1) is 17.4. The van der Waals surface area contributed by atoms with Crippen molar-refractivity contribution in [3.05, 3.63) is 63.4 Å². The van der Waals surface area contributed by atoms with Crippen LogP contribution in [0.2, 0.25) is 0 Å². The number of hydrogen-bond donors (Lipinski definition) is 3. The number of fused-ring (bicyclic) bond motifs is 1. The number of thiazole rings is 1.